The van der Waals surface area contributed by atoms with Crippen molar-refractivity contribution in [2.75, 3.05) is 12.5 Å². The van der Waals surface area contributed by atoms with Gasteiger partial charge in [-0.05, 0) is 18.2 Å². The normalized spacial score (nSPS) is 10.2. The number of rotatable bonds is 4. The van der Waals surface area contributed by atoms with Crippen LogP contribution < -0.4 is 11.3 Å². The summed E-state index contributed by atoms with van der Waals surface area (Å²) in [6.45, 7) is 0.171. The van der Waals surface area contributed by atoms with Crippen LogP contribution in [-0.2, 0) is 6.54 Å². The van der Waals surface area contributed by atoms with E-state index in [9.17, 15) is 9.18 Å². The summed E-state index contributed by atoms with van der Waals surface area (Å²) in [6.07, 6.45) is 1.53. The van der Waals surface area contributed by atoms with E-state index in [1.807, 2.05) is 0 Å². The van der Waals surface area contributed by atoms with Gasteiger partial charge in [0, 0.05) is 25.4 Å². The molecule has 1 aromatic heterocycles. The molecule has 1 heterocycles. The number of benzene rings is 1. The first-order valence-corrected chi connectivity index (χ1v) is 6.04. The van der Waals surface area contributed by atoms with Crippen molar-refractivity contribution >= 4 is 11.7 Å². The molecule has 3 N–H and O–H groups in total. The second-order valence-electron chi connectivity index (χ2n) is 4.30. The van der Waals surface area contributed by atoms with Gasteiger partial charge in [-0.3, -0.25) is 4.79 Å². The maximum absolute atomic E-state index is 13.6. The summed E-state index contributed by atoms with van der Waals surface area (Å²) in [7, 11) is 1.60. The molecule has 0 saturated carbocycles. The zero-order chi connectivity index (χ0) is 14.5. The van der Waals surface area contributed by atoms with Gasteiger partial charge < -0.3 is 10.3 Å². The highest BCUT2D eigenvalue weighted by Gasteiger charge is 2.17. The first-order chi connectivity index (χ1) is 9.63. The molecule has 0 atom stereocenters. The minimum absolute atomic E-state index is 0.171. The molecule has 6 heteroatoms. The van der Waals surface area contributed by atoms with Gasteiger partial charge in [-0.15, -0.1) is 0 Å². The molecule has 1 amide bonds. The standard InChI is InChI=1S/C14H15FN4O/c1-19(9-10-5-2-3-7-12(10)15)14(20)11-6-4-8-17-13(11)18-16/h2-8H,9,16H2,1H3,(H,17,18). The lowest BCUT2D eigenvalue weighted by atomic mass is 10.1. The number of anilines is 1. The summed E-state index contributed by atoms with van der Waals surface area (Å²) in [5.74, 6) is 4.99. The summed E-state index contributed by atoms with van der Waals surface area (Å²) < 4.78 is 13.6. The van der Waals surface area contributed by atoms with E-state index in [2.05, 4.69) is 10.4 Å². The van der Waals surface area contributed by atoms with Gasteiger partial charge in [-0.1, -0.05) is 18.2 Å². The Morgan fingerprint density at radius 1 is 1.35 bits per heavy atom. The molecular formula is C14H15FN4O. The maximum atomic E-state index is 13.6. The number of nitrogens with two attached hydrogens (primary N) is 1. The lowest BCUT2D eigenvalue weighted by Crippen LogP contribution is -2.28. The van der Waals surface area contributed by atoms with E-state index >= 15 is 0 Å². The fourth-order valence-corrected chi connectivity index (χ4v) is 1.85. The molecule has 20 heavy (non-hydrogen) atoms. The van der Waals surface area contributed by atoms with Crippen LogP contribution in [0.3, 0.4) is 0 Å². The van der Waals surface area contributed by atoms with Crippen molar-refractivity contribution in [3.63, 3.8) is 0 Å². The first-order valence-electron chi connectivity index (χ1n) is 6.04. The number of carbonyl (C=O) groups excluding carboxylic acids is 1. The summed E-state index contributed by atoms with van der Waals surface area (Å²) >= 11 is 0. The lowest BCUT2D eigenvalue weighted by Gasteiger charge is -2.18. The predicted molar refractivity (Wildman–Crippen MR) is 74.2 cm³/mol. The Hall–Kier alpha value is -2.47. The summed E-state index contributed by atoms with van der Waals surface area (Å²) in [5.41, 5.74) is 3.17. The van der Waals surface area contributed by atoms with Crippen LogP contribution in [0, 0.1) is 5.82 Å². The Kier molecular flexibility index (Phi) is 4.27. The lowest BCUT2D eigenvalue weighted by molar-refractivity contribution is 0.0784. The van der Waals surface area contributed by atoms with Gasteiger partial charge in [0.2, 0.25) is 0 Å². The van der Waals surface area contributed by atoms with Gasteiger partial charge in [0.15, 0.2) is 5.82 Å². The van der Waals surface area contributed by atoms with Crippen LogP contribution in [-0.4, -0.2) is 22.8 Å². The summed E-state index contributed by atoms with van der Waals surface area (Å²) in [5, 5.41) is 0. The van der Waals surface area contributed by atoms with E-state index in [0.29, 0.717) is 11.1 Å². The number of hydrazine groups is 1. The number of amides is 1. The molecule has 0 aliphatic carbocycles. The van der Waals surface area contributed by atoms with E-state index in [-0.39, 0.29) is 24.1 Å². The van der Waals surface area contributed by atoms with Crippen LogP contribution in [0.25, 0.3) is 0 Å². The number of pyridine rings is 1. The van der Waals surface area contributed by atoms with Gasteiger partial charge >= 0.3 is 0 Å². The van der Waals surface area contributed by atoms with E-state index in [4.69, 9.17) is 5.84 Å². The van der Waals surface area contributed by atoms with Crippen LogP contribution in [0.2, 0.25) is 0 Å². The van der Waals surface area contributed by atoms with E-state index in [0.717, 1.165) is 0 Å². The molecule has 2 rings (SSSR count). The molecule has 0 unspecified atom stereocenters. The Morgan fingerprint density at radius 3 is 2.80 bits per heavy atom. The number of halogens is 1. The largest absolute Gasteiger partial charge is 0.337 e. The van der Waals surface area contributed by atoms with E-state index < -0.39 is 0 Å². The van der Waals surface area contributed by atoms with Gasteiger partial charge in [-0.2, -0.15) is 0 Å². The molecule has 0 aliphatic heterocycles. The Morgan fingerprint density at radius 2 is 2.10 bits per heavy atom. The number of nitrogens with one attached hydrogen (secondary N) is 1. The average molecular weight is 274 g/mol. The van der Waals surface area contributed by atoms with Crippen LogP contribution in [0.1, 0.15) is 15.9 Å². The van der Waals surface area contributed by atoms with Crippen LogP contribution in [0.4, 0.5) is 10.2 Å². The number of carbonyl (C=O) groups is 1. The van der Waals surface area contributed by atoms with Crippen LogP contribution >= 0.6 is 0 Å². The fraction of sp³-hybridized carbons (Fsp3) is 0.143. The highest BCUT2D eigenvalue weighted by Crippen LogP contribution is 2.15. The Bertz CT molecular complexity index is 618. The van der Waals surface area contributed by atoms with Gasteiger partial charge in [0.1, 0.15) is 5.82 Å². The molecule has 5 nitrogen and oxygen atoms in total. The number of nitrogens with zero attached hydrogens (tertiary/aromatic N) is 2. The quantitative estimate of drug-likeness (QED) is 0.658. The molecular weight excluding hydrogens is 259 g/mol. The third-order valence-corrected chi connectivity index (χ3v) is 2.89. The zero-order valence-corrected chi connectivity index (χ0v) is 11.0. The zero-order valence-electron chi connectivity index (χ0n) is 11.0. The second kappa shape index (κ2) is 6.12. The number of hydrogen-bond donors (Lipinski definition) is 2. The topological polar surface area (TPSA) is 71.2 Å². The van der Waals surface area contributed by atoms with Crippen molar-refractivity contribution in [3.8, 4) is 0 Å². The summed E-state index contributed by atoms with van der Waals surface area (Å²) in [6, 6.07) is 9.61. The van der Waals surface area contributed by atoms with Crippen molar-refractivity contribution in [1.82, 2.24) is 9.88 Å². The molecule has 0 aliphatic rings. The number of nitrogen functional groups attached to an aromatic ring is 1. The Balaban J connectivity index is 2.19. The molecule has 0 fully saturated rings. The maximum Gasteiger partial charge on any atom is 0.257 e. The smallest absolute Gasteiger partial charge is 0.257 e. The molecule has 2 aromatic rings. The molecule has 0 bridgehead atoms. The van der Waals surface area contributed by atoms with Gasteiger partial charge in [0.25, 0.3) is 5.91 Å². The second-order valence-corrected chi connectivity index (χ2v) is 4.30. The number of aromatic nitrogens is 1. The third kappa shape index (κ3) is 2.92. The van der Waals surface area contributed by atoms with E-state index in [1.54, 1.807) is 37.4 Å². The third-order valence-electron chi connectivity index (χ3n) is 2.89. The molecule has 0 saturated heterocycles. The fourth-order valence-electron chi connectivity index (χ4n) is 1.85. The predicted octanol–water partition coefficient (Wildman–Crippen LogP) is 1.78. The minimum Gasteiger partial charge on any atom is -0.337 e. The van der Waals surface area contributed by atoms with Gasteiger partial charge in [-0.25, -0.2) is 15.2 Å². The molecule has 1 aromatic carbocycles. The van der Waals surface area contributed by atoms with Crippen molar-refractivity contribution in [1.29, 1.82) is 0 Å². The van der Waals surface area contributed by atoms with Crippen molar-refractivity contribution < 1.29 is 9.18 Å². The summed E-state index contributed by atoms with van der Waals surface area (Å²) in [4.78, 5) is 17.7. The highest BCUT2D eigenvalue weighted by atomic mass is 19.1. The molecule has 0 spiro atoms. The highest BCUT2D eigenvalue weighted by molar-refractivity contribution is 5.98. The monoisotopic (exact) mass is 274 g/mol. The SMILES string of the molecule is CN(Cc1ccccc1F)C(=O)c1cccnc1NN. The van der Waals surface area contributed by atoms with Crippen molar-refractivity contribution in [2.24, 2.45) is 5.84 Å². The first kappa shape index (κ1) is 14.0. The van der Waals surface area contributed by atoms with E-state index in [1.165, 1.54) is 17.2 Å². The van der Waals surface area contributed by atoms with Crippen LogP contribution in [0.15, 0.2) is 42.6 Å². The molecule has 104 valence electrons. The average Bonchev–Trinajstić information content (AvgIpc) is 2.48. The minimum atomic E-state index is -0.337. The Labute approximate surface area is 116 Å². The number of hydrogen-bond acceptors (Lipinski definition) is 4. The van der Waals surface area contributed by atoms with Crippen LogP contribution in [0.5, 0.6) is 0 Å². The molecule has 0 radical (unpaired) electrons. The van der Waals surface area contributed by atoms with Crippen molar-refractivity contribution in [3.05, 3.63) is 59.5 Å². The van der Waals surface area contributed by atoms with Crippen molar-refractivity contribution in [2.45, 2.75) is 6.54 Å². The van der Waals surface area contributed by atoms with Gasteiger partial charge in [0.05, 0.1) is 5.56 Å².